The van der Waals surface area contributed by atoms with Crippen molar-refractivity contribution in [1.29, 1.82) is 0 Å². The molecule has 0 aromatic heterocycles. The van der Waals surface area contributed by atoms with Crippen molar-refractivity contribution in [2.45, 2.75) is 83.6 Å². The van der Waals surface area contributed by atoms with E-state index in [-0.39, 0.29) is 31.2 Å². The second kappa shape index (κ2) is 11.4. The maximum atomic E-state index is 12.6. The van der Waals surface area contributed by atoms with Gasteiger partial charge in [0.25, 0.3) is 0 Å². The van der Waals surface area contributed by atoms with Gasteiger partial charge in [-0.1, -0.05) is 12.1 Å². The second-order valence-electron chi connectivity index (χ2n) is 8.50. The van der Waals surface area contributed by atoms with Crippen LogP contribution in [-0.2, 0) is 30.4 Å². The highest BCUT2D eigenvalue weighted by molar-refractivity contribution is 5.82. The fraction of sp³-hybridized carbons (Fsp3) is 0.591. The van der Waals surface area contributed by atoms with E-state index in [1.807, 2.05) is 0 Å². The fourth-order valence-corrected chi connectivity index (χ4v) is 3.12. The van der Waals surface area contributed by atoms with Crippen molar-refractivity contribution in [1.82, 2.24) is 5.32 Å². The number of rotatable bonds is 9. The summed E-state index contributed by atoms with van der Waals surface area (Å²) in [5.41, 5.74) is 0.173. The first-order chi connectivity index (χ1) is 14.7. The summed E-state index contributed by atoms with van der Waals surface area (Å²) in [5, 5.41) is 5.29. The number of alkyl carbamates (subject to hydrolysis) is 1. The lowest BCUT2D eigenvalue weighted by molar-refractivity contribution is -0.150. The molecule has 9 heteroatoms. The zero-order valence-corrected chi connectivity index (χ0v) is 18.2. The minimum absolute atomic E-state index is 0.0254. The number of amides is 1. The Labute approximate surface area is 181 Å². The molecule has 0 saturated heterocycles. The van der Waals surface area contributed by atoms with Gasteiger partial charge in [-0.3, -0.25) is 4.79 Å². The molecule has 0 heterocycles. The summed E-state index contributed by atoms with van der Waals surface area (Å²) in [4.78, 5) is 47.3. The molecule has 0 radical (unpaired) electrons. The van der Waals surface area contributed by atoms with Crippen LogP contribution in [-0.4, -0.2) is 35.8 Å². The fourth-order valence-electron chi connectivity index (χ4n) is 3.12. The number of hydrogen-bond donors (Lipinski definition) is 1. The lowest BCUT2D eigenvalue weighted by Crippen LogP contribution is -2.44. The van der Waals surface area contributed by atoms with Crippen molar-refractivity contribution < 1.29 is 28.6 Å². The SMILES string of the molecule is CC(C)(C)OC(=O)N[C@H](CCC(=O)OC1CCCC1)C(=O)OCc1ccc(N=O)cc1. The molecule has 0 bridgehead atoms. The molecule has 0 spiro atoms. The van der Waals surface area contributed by atoms with Crippen LogP contribution >= 0.6 is 0 Å². The summed E-state index contributed by atoms with van der Waals surface area (Å²) in [6.45, 7) is 5.06. The van der Waals surface area contributed by atoms with Crippen LogP contribution in [0.5, 0.6) is 0 Å². The largest absolute Gasteiger partial charge is 0.462 e. The molecule has 1 atom stereocenters. The third kappa shape index (κ3) is 9.15. The maximum absolute atomic E-state index is 12.6. The summed E-state index contributed by atoms with van der Waals surface area (Å²) >= 11 is 0. The molecule has 1 fully saturated rings. The van der Waals surface area contributed by atoms with Gasteiger partial charge in [-0.05, 0) is 75.7 Å². The monoisotopic (exact) mass is 434 g/mol. The van der Waals surface area contributed by atoms with E-state index in [0.717, 1.165) is 25.7 Å². The Morgan fingerprint density at radius 1 is 1.13 bits per heavy atom. The lowest BCUT2D eigenvalue weighted by atomic mass is 10.1. The van der Waals surface area contributed by atoms with Gasteiger partial charge in [0.1, 0.15) is 30.0 Å². The van der Waals surface area contributed by atoms with Crippen LogP contribution in [0.3, 0.4) is 0 Å². The molecule has 1 amide bonds. The molecule has 0 aliphatic heterocycles. The molecule has 1 aromatic rings. The van der Waals surface area contributed by atoms with Crippen LogP contribution in [0.15, 0.2) is 29.4 Å². The van der Waals surface area contributed by atoms with Crippen LogP contribution in [0, 0.1) is 4.91 Å². The molecule has 1 aliphatic rings. The standard InChI is InChI=1S/C22H30N2O7/c1-22(2,3)31-21(27)23-18(12-13-19(25)30-17-6-4-5-7-17)20(26)29-14-15-8-10-16(24-28)11-9-15/h8-11,17-18H,4-7,12-14H2,1-3H3,(H,23,27)/t18-/m1/s1. The van der Waals surface area contributed by atoms with E-state index >= 15 is 0 Å². The molecule has 1 N–H and O–H groups in total. The molecule has 1 aliphatic carbocycles. The van der Waals surface area contributed by atoms with Crippen LogP contribution in [0.1, 0.15) is 64.9 Å². The second-order valence-corrected chi connectivity index (χ2v) is 8.50. The van der Waals surface area contributed by atoms with Gasteiger partial charge in [0, 0.05) is 6.42 Å². The Kier molecular flexibility index (Phi) is 8.96. The first-order valence-electron chi connectivity index (χ1n) is 10.4. The Morgan fingerprint density at radius 2 is 1.77 bits per heavy atom. The number of benzene rings is 1. The number of nitrogens with zero attached hydrogens (tertiary/aromatic N) is 1. The number of carbonyl (C=O) groups is 3. The quantitative estimate of drug-likeness (QED) is 0.350. The van der Waals surface area contributed by atoms with E-state index in [0.29, 0.717) is 5.56 Å². The number of ether oxygens (including phenoxy) is 3. The molecule has 170 valence electrons. The summed E-state index contributed by atoms with van der Waals surface area (Å²) in [6.07, 6.45) is 2.93. The maximum Gasteiger partial charge on any atom is 0.408 e. The smallest absolute Gasteiger partial charge is 0.408 e. The normalized spacial score (nSPS) is 15.1. The number of esters is 2. The Hall–Kier alpha value is -2.97. The lowest BCUT2D eigenvalue weighted by Gasteiger charge is -2.23. The average Bonchev–Trinajstić information content (AvgIpc) is 3.21. The molecule has 1 saturated carbocycles. The van der Waals surface area contributed by atoms with Crippen LogP contribution < -0.4 is 5.32 Å². The topological polar surface area (TPSA) is 120 Å². The van der Waals surface area contributed by atoms with Gasteiger partial charge >= 0.3 is 18.0 Å². The predicted molar refractivity (Wildman–Crippen MR) is 112 cm³/mol. The van der Waals surface area contributed by atoms with Gasteiger partial charge in [-0.15, -0.1) is 4.91 Å². The predicted octanol–water partition coefficient (Wildman–Crippen LogP) is 4.29. The summed E-state index contributed by atoms with van der Waals surface area (Å²) in [7, 11) is 0. The number of hydrogen-bond acceptors (Lipinski definition) is 8. The van der Waals surface area contributed by atoms with Crippen molar-refractivity contribution in [2.75, 3.05) is 0 Å². The van der Waals surface area contributed by atoms with E-state index in [9.17, 15) is 19.3 Å². The van der Waals surface area contributed by atoms with Gasteiger partial charge in [0.2, 0.25) is 0 Å². The molecular formula is C22H30N2O7. The van der Waals surface area contributed by atoms with Crippen molar-refractivity contribution in [2.24, 2.45) is 5.18 Å². The van der Waals surface area contributed by atoms with Crippen molar-refractivity contribution in [3.8, 4) is 0 Å². The van der Waals surface area contributed by atoms with Crippen molar-refractivity contribution in [3.63, 3.8) is 0 Å². The minimum atomic E-state index is -1.07. The summed E-state index contributed by atoms with van der Waals surface area (Å²) in [6, 6.07) is 5.16. The Morgan fingerprint density at radius 3 is 2.35 bits per heavy atom. The van der Waals surface area contributed by atoms with E-state index in [2.05, 4.69) is 10.5 Å². The zero-order valence-electron chi connectivity index (χ0n) is 18.2. The Bertz CT molecular complexity index is 765. The van der Waals surface area contributed by atoms with Gasteiger partial charge in [-0.2, -0.15) is 0 Å². The minimum Gasteiger partial charge on any atom is -0.462 e. The number of nitroso groups, excluding NO2 is 1. The zero-order chi connectivity index (χ0) is 22.9. The molecule has 1 aromatic carbocycles. The molecule has 31 heavy (non-hydrogen) atoms. The van der Waals surface area contributed by atoms with Gasteiger partial charge in [0.05, 0.1) is 0 Å². The van der Waals surface area contributed by atoms with E-state index in [1.165, 1.54) is 12.1 Å². The first kappa shape index (κ1) is 24.3. The third-order valence-electron chi connectivity index (χ3n) is 4.64. The van der Waals surface area contributed by atoms with Crippen LogP contribution in [0.4, 0.5) is 10.5 Å². The first-order valence-corrected chi connectivity index (χ1v) is 10.4. The molecule has 2 rings (SSSR count). The van der Waals surface area contributed by atoms with Crippen molar-refractivity contribution in [3.05, 3.63) is 34.7 Å². The highest BCUT2D eigenvalue weighted by atomic mass is 16.6. The van der Waals surface area contributed by atoms with Crippen LogP contribution in [0.25, 0.3) is 0 Å². The average molecular weight is 434 g/mol. The summed E-state index contributed by atoms with van der Waals surface area (Å²) in [5.74, 6) is -1.11. The van der Waals surface area contributed by atoms with Crippen molar-refractivity contribution >= 4 is 23.7 Å². The van der Waals surface area contributed by atoms with E-state index < -0.39 is 29.7 Å². The third-order valence-corrected chi connectivity index (χ3v) is 4.64. The van der Waals surface area contributed by atoms with E-state index in [1.54, 1.807) is 32.9 Å². The molecular weight excluding hydrogens is 404 g/mol. The number of nitrogens with one attached hydrogen (secondary N) is 1. The van der Waals surface area contributed by atoms with Crippen LogP contribution in [0.2, 0.25) is 0 Å². The highest BCUT2D eigenvalue weighted by Crippen LogP contribution is 2.21. The highest BCUT2D eigenvalue weighted by Gasteiger charge is 2.27. The molecule has 9 nitrogen and oxygen atoms in total. The molecule has 0 unspecified atom stereocenters. The van der Waals surface area contributed by atoms with E-state index in [4.69, 9.17) is 14.2 Å². The summed E-state index contributed by atoms with van der Waals surface area (Å²) < 4.78 is 15.9. The number of carbonyl (C=O) groups excluding carboxylic acids is 3. The van der Waals surface area contributed by atoms with Gasteiger partial charge < -0.3 is 19.5 Å². The van der Waals surface area contributed by atoms with Gasteiger partial charge in [-0.25, -0.2) is 9.59 Å². The van der Waals surface area contributed by atoms with Gasteiger partial charge in [0.15, 0.2) is 0 Å². The Balaban J connectivity index is 1.93.